The fraction of sp³-hybridized carbons (Fsp3) is 0.412. The molecule has 9 heteroatoms. The van der Waals surface area contributed by atoms with Gasteiger partial charge in [0.15, 0.2) is 5.66 Å². The summed E-state index contributed by atoms with van der Waals surface area (Å²) in [6.45, 7) is 7.17. The number of nitrogens with zero attached hydrogens (tertiary/aromatic N) is 2. The molecule has 1 aliphatic rings. The Balaban J connectivity index is 2.26. The van der Waals surface area contributed by atoms with Crippen LogP contribution in [0.4, 0.5) is 0 Å². The first-order valence-corrected chi connectivity index (χ1v) is 9.10. The number of amides is 1. The summed E-state index contributed by atoms with van der Waals surface area (Å²) >= 11 is 1.24. The molecule has 0 spiro atoms. The molecule has 140 valence electrons. The minimum Gasteiger partial charge on any atom is -0.426 e. The third-order valence-electron chi connectivity index (χ3n) is 3.86. The average molecular weight is 378 g/mol. The lowest BCUT2D eigenvalue weighted by Crippen LogP contribution is -2.54. The van der Waals surface area contributed by atoms with E-state index in [1.54, 1.807) is 13.0 Å². The van der Waals surface area contributed by atoms with Gasteiger partial charge in [-0.25, -0.2) is 9.79 Å². The largest absolute Gasteiger partial charge is 0.426 e. The van der Waals surface area contributed by atoms with Crippen molar-refractivity contribution in [2.24, 2.45) is 15.9 Å². The first-order valence-electron chi connectivity index (χ1n) is 8.12. The predicted octanol–water partition coefficient (Wildman–Crippen LogP) is 1.89. The van der Waals surface area contributed by atoms with Crippen LogP contribution in [-0.2, 0) is 4.79 Å². The zero-order valence-electron chi connectivity index (χ0n) is 14.7. The van der Waals surface area contributed by atoms with Crippen molar-refractivity contribution in [3.8, 4) is 0 Å². The Labute approximate surface area is 155 Å². The Morgan fingerprint density at radius 1 is 1.65 bits per heavy atom. The number of carbonyl (C=O) groups is 1. The van der Waals surface area contributed by atoms with Gasteiger partial charge in [-0.15, -0.1) is 11.8 Å². The van der Waals surface area contributed by atoms with E-state index in [1.807, 2.05) is 6.92 Å². The second-order valence-electron chi connectivity index (χ2n) is 5.95. The van der Waals surface area contributed by atoms with Gasteiger partial charge in [0.1, 0.15) is 16.5 Å². The minimum atomic E-state index is -1.48. The summed E-state index contributed by atoms with van der Waals surface area (Å²) < 4.78 is 5.26. The molecule has 1 aromatic rings. The smallest absolute Gasteiger partial charge is 0.336 e. The lowest BCUT2D eigenvalue weighted by Gasteiger charge is -2.23. The van der Waals surface area contributed by atoms with Crippen molar-refractivity contribution in [1.29, 1.82) is 0 Å². The highest BCUT2D eigenvalue weighted by Crippen LogP contribution is 2.27. The second kappa shape index (κ2) is 8.33. The summed E-state index contributed by atoms with van der Waals surface area (Å²) in [6, 6.07) is 2.48. The van der Waals surface area contributed by atoms with E-state index in [0.717, 1.165) is 6.42 Å². The van der Waals surface area contributed by atoms with E-state index in [1.165, 1.54) is 23.9 Å². The highest BCUT2D eigenvalue weighted by Gasteiger charge is 2.40. The molecule has 0 fully saturated rings. The van der Waals surface area contributed by atoms with Crippen molar-refractivity contribution in [3.05, 3.63) is 40.5 Å². The van der Waals surface area contributed by atoms with Crippen LogP contribution < -0.4 is 16.7 Å². The number of oxime groups is 1. The Hall–Kier alpha value is -2.39. The fourth-order valence-electron chi connectivity index (χ4n) is 2.43. The van der Waals surface area contributed by atoms with Crippen LogP contribution in [0.15, 0.2) is 38.1 Å². The average Bonchev–Trinajstić information content (AvgIpc) is 3.03. The highest BCUT2D eigenvalue weighted by atomic mass is 32.2. The lowest BCUT2D eigenvalue weighted by molar-refractivity contribution is -0.126. The molecule has 8 nitrogen and oxygen atoms in total. The summed E-state index contributed by atoms with van der Waals surface area (Å²) in [5.74, 6) is 0.0706. The SMILES string of the molecule is C=Cc1cc([C@@H](CCC)NC(=O)[C@]2(N)CSC(/C(C)=N/O)=N2)oc(=O)c1. The summed E-state index contributed by atoms with van der Waals surface area (Å²) in [6.07, 6.45) is 2.85. The summed E-state index contributed by atoms with van der Waals surface area (Å²) in [4.78, 5) is 28.6. The number of rotatable bonds is 7. The Morgan fingerprint density at radius 2 is 2.38 bits per heavy atom. The first-order chi connectivity index (χ1) is 12.3. The molecule has 0 saturated heterocycles. The Kier molecular flexibility index (Phi) is 6.38. The Morgan fingerprint density at radius 3 is 3.00 bits per heavy atom. The molecule has 4 N–H and O–H groups in total. The molecule has 26 heavy (non-hydrogen) atoms. The van der Waals surface area contributed by atoms with Crippen LogP contribution in [0.1, 0.15) is 44.1 Å². The van der Waals surface area contributed by atoms with Gasteiger partial charge in [0, 0.05) is 11.8 Å². The van der Waals surface area contributed by atoms with E-state index in [-0.39, 0.29) is 5.75 Å². The third-order valence-corrected chi connectivity index (χ3v) is 5.10. The van der Waals surface area contributed by atoms with E-state index in [4.69, 9.17) is 15.4 Å². The van der Waals surface area contributed by atoms with E-state index in [0.29, 0.717) is 28.5 Å². The zero-order valence-corrected chi connectivity index (χ0v) is 15.5. The van der Waals surface area contributed by atoms with Crippen LogP contribution >= 0.6 is 11.8 Å². The van der Waals surface area contributed by atoms with E-state index in [2.05, 4.69) is 22.0 Å². The summed E-state index contributed by atoms with van der Waals surface area (Å²) in [7, 11) is 0. The highest BCUT2D eigenvalue weighted by molar-refractivity contribution is 8.16. The van der Waals surface area contributed by atoms with E-state index >= 15 is 0 Å². The van der Waals surface area contributed by atoms with Crippen LogP contribution in [0.3, 0.4) is 0 Å². The van der Waals surface area contributed by atoms with Crippen molar-refractivity contribution in [2.75, 3.05) is 5.75 Å². The van der Waals surface area contributed by atoms with Crippen LogP contribution in [0, 0.1) is 0 Å². The van der Waals surface area contributed by atoms with Crippen LogP contribution in [0.2, 0.25) is 0 Å². The molecule has 1 aromatic heterocycles. The van der Waals surface area contributed by atoms with Crippen LogP contribution in [0.5, 0.6) is 0 Å². The van der Waals surface area contributed by atoms with Crippen molar-refractivity contribution < 1.29 is 14.4 Å². The number of carbonyl (C=O) groups excluding carboxylic acids is 1. The van der Waals surface area contributed by atoms with Gasteiger partial charge in [-0.3, -0.25) is 10.5 Å². The van der Waals surface area contributed by atoms with Crippen molar-refractivity contribution in [1.82, 2.24) is 5.32 Å². The molecule has 0 aromatic carbocycles. The molecule has 2 heterocycles. The normalized spacial score (nSPS) is 21.2. The maximum absolute atomic E-state index is 12.7. The van der Waals surface area contributed by atoms with Crippen molar-refractivity contribution in [3.63, 3.8) is 0 Å². The van der Waals surface area contributed by atoms with Gasteiger partial charge in [-0.1, -0.05) is 31.2 Å². The van der Waals surface area contributed by atoms with Gasteiger partial charge in [-0.05, 0) is 25.0 Å². The molecular weight excluding hydrogens is 356 g/mol. The molecule has 2 atom stereocenters. The quantitative estimate of drug-likeness (QED) is 0.377. The van der Waals surface area contributed by atoms with Gasteiger partial charge in [-0.2, -0.15) is 0 Å². The number of thioether (sulfide) groups is 1. The van der Waals surface area contributed by atoms with Crippen LogP contribution in [0.25, 0.3) is 6.08 Å². The maximum atomic E-state index is 12.7. The molecule has 2 rings (SSSR count). The molecule has 1 aliphatic heterocycles. The van der Waals surface area contributed by atoms with Crippen molar-refractivity contribution >= 4 is 34.5 Å². The van der Waals surface area contributed by atoms with Gasteiger partial charge in [0.25, 0.3) is 5.91 Å². The minimum absolute atomic E-state index is 0.219. The number of hydrogen-bond donors (Lipinski definition) is 3. The molecular formula is C17H22N4O4S. The summed E-state index contributed by atoms with van der Waals surface area (Å²) in [5.41, 5.74) is 5.05. The monoisotopic (exact) mass is 378 g/mol. The predicted molar refractivity (Wildman–Crippen MR) is 103 cm³/mol. The summed E-state index contributed by atoms with van der Waals surface area (Å²) in [5, 5.41) is 15.2. The third kappa shape index (κ3) is 4.41. The zero-order chi connectivity index (χ0) is 19.3. The van der Waals surface area contributed by atoms with Gasteiger partial charge >= 0.3 is 5.63 Å². The molecule has 0 radical (unpaired) electrons. The molecule has 0 saturated carbocycles. The van der Waals surface area contributed by atoms with Gasteiger partial charge < -0.3 is 14.9 Å². The van der Waals surface area contributed by atoms with Gasteiger partial charge in [0.05, 0.1) is 6.04 Å². The first kappa shape index (κ1) is 19.9. The topological polar surface area (TPSA) is 130 Å². The van der Waals surface area contributed by atoms with Crippen molar-refractivity contribution in [2.45, 2.75) is 38.4 Å². The number of aliphatic imine (C=N–C) groups is 1. The molecule has 0 unspecified atom stereocenters. The standard InChI is InChI=1S/C17H22N4O4S/c1-4-6-12(13-7-11(5-2)8-14(22)25-13)19-16(23)17(18)9-26-15(20-17)10(3)21-24/h5,7-8,12,24H,2,4,6,9,18H2,1,3H3,(H,19,23)/b21-10+/t12-,17+/m1/s1. The van der Waals surface area contributed by atoms with Crippen LogP contribution in [-0.4, -0.2) is 33.3 Å². The fourth-order valence-corrected chi connectivity index (χ4v) is 3.46. The Bertz CT molecular complexity index is 817. The number of nitrogens with one attached hydrogen (secondary N) is 1. The maximum Gasteiger partial charge on any atom is 0.336 e. The van der Waals surface area contributed by atoms with Gasteiger partial charge in [0.2, 0.25) is 0 Å². The van der Waals surface area contributed by atoms with E-state index < -0.39 is 23.2 Å². The number of nitrogens with two attached hydrogens (primary N) is 1. The molecule has 0 aliphatic carbocycles. The van der Waals surface area contributed by atoms with E-state index in [9.17, 15) is 9.59 Å². The molecule has 1 amide bonds. The lowest BCUT2D eigenvalue weighted by atomic mass is 10.1. The number of hydrogen-bond acceptors (Lipinski definition) is 8. The second-order valence-corrected chi connectivity index (χ2v) is 6.91. The molecule has 0 bridgehead atoms.